The van der Waals surface area contributed by atoms with Crippen LogP contribution in [-0.2, 0) is 33.6 Å². The first kappa shape index (κ1) is 38.9. The standard InChI is InChI=1S/C39H49N5O9/c45-30(43-32(39(52)53)26-12-6-2-7-13-26)22-40-37(50)34(47)28(20-23-16-17-23)41-35(48)29(21-24-18-19-24)42-36(49)31(25-10-4-1-5-11-25)44-38(51)33(46)27-14-8-3-9-15-27/h2-3,6-9,12,14,23-25,28-29,31,46H,1,4-5,10-11,13,15-22H2,(H,40,50)(H,41,48)(H,42,49)(H,43,45)(H,44,51)(H,52,53)/t28?,29-,31-/m0/s1. The number of aliphatic hydroxyl groups is 1. The average molecular weight is 732 g/mol. The van der Waals surface area contributed by atoms with Gasteiger partial charge in [-0.2, -0.15) is 0 Å². The second-order valence-corrected chi connectivity index (χ2v) is 14.5. The molecular weight excluding hydrogens is 682 g/mol. The predicted molar refractivity (Wildman–Crippen MR) is 193 cm³/mol. The van der Waals surface area contributed by atoms with Crippen molar-refractivity contribution < 1.29 is 43.8 Å². The average Bonchev–Trinajstić information content (AvgIpc) is 4.12. The molecule has 3 saturated carbocycles. The highest BCUT2D eigenvalue weighted by Gasteiger charge is 2.39. The van der Waals surface area contributed by atoms with E-state index >= 15 is 0 Å². The van der Waals surface area contributed by atoms with Crippen LogP contribution in [0, 0.1) is 17.8 Å². The predicted octanol–water partition coefficient (Wildman–Crippen LogP) is 2.61. The van der Waals surface area contributed by atoms with Gasteiger partial charge in [-0.25, -0.2) is 4.79 Å². The van der Waals surface area contributed by atoms with Crippen LogP contribution in [0.3, 0.4) is 0 Å². The van der Waals surface area contributed by atoms with E-state index in [4.69, 9.17) is 0 Å². The molecule has 5 aliphatic rings. The smallest absolute Gasteiger partial charge is 0.352 e. The Labute approximate surface area is 308 Å². The Balaban J connectivity index is 1.23. The molecule has 5 rings (SSSR count). The van der Waals surface area contributed by atoms with Gasteiger partial charge < -0.3 is 36.8 Å². The molecule has 0 radical (unpaired) electrons. The maximum atomic E-state index is 13.9. The van der Waals surface area contributed by atoms with Crippen molar-refractivity contribution in [2.24, 2.45) is 17.8 Å². The van der Waals surface area contributed by atoms with E-state index in [9.17, 15) is 43.8 Å². The highest BCUT2D eigenvalue weighted by molar-refractivity contribution is 6.38. The SMILES string of the molecule is O=C(CNC(=O)C(=O)C(CC1CC1)NC(=O)[C@H](CC1CC1)NC(=O)[C@@H](NC(=O)C(O)=C1C=CC=CC1)C1CCCCC1)NC(C(=O)O)=C1C=CC=CC1. The number of nitrogens with one attached hydrogen (secondary N) is 5. The Bertz CT molecular complexity index is 1660. The third-order valence-corrected chi connectivity index (χ3v) is 10.2. The third kappa shape index (κ3) is 11.6. The van der Waals surface area contributed by atoms with Crippen molar-refractivity contribution >= 4 is 41.3 Å². The van der Waals surface area contributed by atoms with Gasteiger partial charge in [0.25, 0.3) is 11.8 Å². The van der Waals surface area contributed by atoms with Gasteiger partial charge in [0.1, 0.15) is 17.8 Å². The third-order valence-electron chi connectivity index (χ3n) is 10.2. The minimum atomic E-state index is -1.35. The number of aliphatic carboxylic acids is 1. The highest BCUT2D eigenvalue weighted by atomic mass is 16.4. The highest BCUT2D eigenvalue weighted by Crippen LogP contribution is 2.35. The quantitative estimate of drug-likeness (QED) is 0.0663. The Morgan fingerprint density at radius 2 is 1.25 bits per heavy atom. The Morgan fingerprint density at radius 1 is 0.660 bits per heavy atom. The zero-order valence-corrected chi connectivity index (χ0v) is 29.7. The molecular formula is C39H49N5O9. The van der Waals surface area contributed by atoms with Crippen LogP contribution >= 0.6 is 0 Å². The lowest BCUT2D eigenvalue weighted by Gasteiger charge is -2.31. The molecule has 3 atom stereocenters. The van der Waals surface area contributed by atoms with Crippen LogP contribution in [0.2, 0.25) is 0 Å². The number of rotatable bonds is 17. The number of carbonyl (C=O) groups excluding carboxylic acids is 6. The Hall–Kier alpha value is -5.27. The lowest BCUT2D eigenvalue weighted by Crippen LogP contribution is -2.58. The summed E-state index contributed by atoms with van der Waals surface area (Å²) in [4.78, 5) is 91.6. The molecule has 5 aliphatic carbocycles. The molecule has 0 aliphatic heterocycles. The lowest BCUT2D eigenvalue weighted by atomic mass is 9.83. The van der Waals surface area contributed by atoms with Crippen LogP contribution in [0.25, 0.3) is 0 Å². The van der Waals surface area contributed by atoms with Gasteiger partial charge in [0.05, 0.1) is 12.6 Å². The summed E-state index contributed by atoms with van der Waals surface area (Å²) < 4.78 is 0. The molecule has 0 bridgehead atoms. The number of hydrogen-bond acceptors (Lipinski definition) is 8. The Morgan fingerprint density at radius 3 is 1.81 bits per heavy atom. The summed E-state index contributed by atoms with van der Waals surface area (Å²) in [6.45, 7) is -0.674. The van der Waals surface area contributed by atoms with Crippen LogP contribution < -0.4 is 26.6 Å². The van der Waals surface area contributed by atoms with Crippen molar-refractivity contribution in [1.82, 2.24) is 26.6 Å². The molecule has 0 spiro atoms. The molecule has 1 unspecified atom stereocenters. The number of amides is 5. The number of ketones is 1. The molecule has 5 amide bonds. The van der Waals surface area contributed by atoms with E-state index in [-0.39, 0.29) is 29.9 Å². The monoisotopic (exact) mass is 731 g/mol. The fourth-order valence-corrected chi connectivity index (χ4v) is 6.84. The molecule has 0 aromatic rings. The molecule has 0 saturated heterocycles. The molecule has 7 N–H and O–H groups in total. The summed E-state index contributed by atoms with van der Waals surface area (Å²) in [6, 6.07) is -3.28. The molecule has 284 valence electrons. The van der Waals surface area contributed by atoms with E-state index in [1.54, 1.807) is 48.6 Å². The number of carboxylic acid groups (broad SMARTS) is 1. The topological polar surface area (TPSA) is 220 Å². The number of allylic oxidation sites excluding steroid dienone is 10. The van der Waals surface area contributed by atoms with Crippen LogP contribution in [-0.4, -0.2) is 76.2 Å². The van der Waals surface area contributed by atoms with Gasteiger partial charge in [-0.1, -0.05) is 93.6 Å². The van der Waals surface area contributed by atoms with Crippen molar-refractivity contribution in [3.05, 3.63) is 71.2 Å². The fraction of sp³-hybridized carbons (Fsp3) is 0.513. The van der Waals surface area contributed by atoms with E-state index in [0.29, 0.717) is 43.3 Å². The van der Waals surface area contributed by atoms with Crippen LogP contribution in [0.15, 0.2) is 71.2 Å². The van der Waals surface area contributed by atoms with Crippen LogP contribution in [0.4, 0.5) is 0 Å². The molecule has 0 aromatic heterocycles. The number of hydrogen-bond donors (Lipinski definition) is 7. The van der Waals surface area contributed by atoms with Gasteiger partial charge in [-0.15, -0.1) is 0 Å². The maximum Gasteiger partial charge on any atom is 0.352 e. The van der Waals surface area contributed by atoms with Crippen molar-refractivity contribution in [3.63, 3.8) is 0 Å². The van der Waals surface area contributed by atoms with E-state index in [1.165, 1.54) is 0 Å². The molecule has 14 heteroatoms. The number of aliphatic hydroxyl groups excluding tert-OH is 1. The molecule has 3 fully saturated rings. The summed E-state index contributed by atoms with van der Waals surface area (Å²) in [6.07, 6.45) is 22.3. The van der Waals surface area contributed by atoms with E-state index in [0.717, 1.165) is 44.9 Å². The number of carboxylic acids is 1. The van der Waals surface area contributed by atoms with Crippen LogP contribution in [0.5, 0.6) is 0 Å². The summed E-state index contributed by atoms with van der Waals surface area (Å²) in [7, 11) is 0. The molecule has 53 heavy (non-hydrogen) atoms. The first-order valence-electron chi connectivity index (χ1n) is 18.6. The minimum Gasteiger partial charge on any atom is -0.503 e. The second kappa shape index (κ2) is 18.5. The van der Waals surface area contributed by atoms with Gasteiger partial charge in [0.15, 0.2) is 5.76 Å². The number of carbonyl (C=O) groups is 7. The number of Topliss-reactive ketones (excluding diaryl/α,β-unsaturated/α-hetero) is 1. The first-order chi connectivity index (χ1) is 25.5. The van der Waals surface area contributed by atoms with Crippen molar-refractivity contribution in [2.75, 3.05) is 6.54 Å². The summed E-state index contributed by atoms with van der Waals surface area (Å²) in [5, 5.41) is 33.1. The van der Waals surface area contributed by atoms with Gasteiger partial charge in [0.2, 0.25) is 23.5 Å². The van der Waals surface area contributed by atoms with E-state index in [1.807, 2.05) is 0 Å². The Kier molecular flexibility index (Phi) is 13.6. The largest absolute Gasteiger partial charge is 0.503 e. The van der Waals surface area contributed by atoms with Gasteiger partial charge >= 0.3 is 5.97 Å². The van der Waals surface area contributed by atoms with Crippen molar-refractivity contribution in [2.45, 2.75) is 102 Å². The molecule has 0 aromatic carbocycles. The van der Waals surface area contributed by atoms with Gasteiger partial charge in [-0.3, -0.25) is 28.8 Å². The minimum absolute atomic E-state index is 0.112. The summed E-state index contributed by atoms with van der Waals surface area (Å²) in [5.41, 5.74) is 0.455. The second-order valence-electron chi connectivity index (χ2n) is 14.5. The first-order valence-corrected chi connectivity index (χ1v) is 18.6. The van der Waals surface area contributed by atoms with Crippen molar-refractivity contribution in [3.8, 4) is 0 Å². The van der Waals surface area contributed by atoms with E-state index in [2.05, 4.69) is 26.6 Å². The normalized spacial score (nSPS) is 21.7. The van der Waals surface area contributed by atoms with E-state index < -0.39 is 71.7 Å². The van der Waals surface area contributed by atoms with Crippen LogP contribution in [0.1, 0.15) is 83.5 Å². The zero-order chi connectivity index (χ0) is 37.9. The lowest BCUT2D eigenvalue weighted by molar-refractivity contribution is -0.141. The maximum absolute atomic E-state index is 13.9. The van der Waals surface area contributed by atoms with Gasteiger partial charge in [0, 0.05) is 5.57 Å². The van der Waals surface area contributed by atoms with Crippen molar-refractivity contribution in [1.29, 1.82) is 0 Å². The molecule has 0 heterocycles. The molecule has 14 nitrogen and oxygen atoms in total. The zero-order valence-electron chi connectivity index (χ0n) is 29.7. The van der Waals surface area contributed by atoms with Gasteiger partial charge in [-0.05, 0) is 61.9 Å². The summed E-state index contributed by atoms with van der Waals surface area (Å²) in [5.74, 6) is -6.64. The summed E-state index contributed by atoms with van der Waals surface area (Å²) >= 11 is 0. The fourth-order valence-electron chi connectivity index (χ4n) is 6.84.